The summed E-state index contributed by atoms with van der Waals surface area (Å²) in [5, 5.41) is 85.5. The highest BCUT2D eigenvalue weighted by Gasteiger charge is 2.61. The molecule has 6 amide bonds. The summed E-state index contributed by atoms with van der Waals surface area (Å²) >= 11 is 36.6. The van der Waals surface area contributed by atoms with Crippen molar-refractivity contribution in [1.82, 2.24) is 36.8 Å². The second-order valence-corrected chi connectivity index (χ2v) is 38.8. The molecule has 38 heteroatoms. The summed E-state index contributed by atoms with van der Waals surface area (Å²) in [7, 11) is 1.30. The normalized spacial score (nSPS) is 21.5. The molecular weight excluding hydrogens is 2140 g/mol. The summed E-state index contributed by atoms with van der Waals surface area (Å²) in [6, 6.07) is 7.36. The number of methoxy groups -OCH3 is 1. The van der Waals surface area contributed by atoms with Gasteiger partial charge in [0.15, 0.2) is 29.2 Å². The van der Waals surface area contributed by atoms with Crippen LogP contribution < -0.4 is 42.1 Å². The lowest BCUT2D eigenvalue weighted by molar-refractivity contribution is -0.257. The van der Waals surface area contributed by atoms with Crippen molar-refractivity contribution in [3.05, 3.63) is 114 Å². The molecule has 4 heterocycles. The van der Waals surface area contributed by atoms with E-state index < -0.39 is 107 Å². The van der Waals surface area contributed by atoms with Gasteiger partial charge in [0.1, 0.15) is 51.2 Å². The number of phenolic OH excluding ortho intramolecular Hbond substituents is 3. The predicted octanol–water partition coefficient (Wildman–Crippen LogP) is 12.7. The highest BCUT2D eigenvalue weighted by atomic mass is 127. The molecule has 0 aromatic heterocycles. The van der Waals surface area contributed by atoms with E-state index in [9.17, 15) is 83.4 Å². The number of benzene rings is 5. The van der Waals surface area contributed by atoms with E-state index in [1.807, 2.05) is 107 Å². The van der Waals surface area contributed by atoms with Crippen LogP contribution in [0.15, 0.2) is 39.5 Å². The Labute approximate surface area is 782 Å². The van der Waals surface area contributed by atoms with Gasteiger partial charge in [0.05, 0.1) is 96.1 Å². The van der Waals surface area contributed by atoms with E-state index in [2.05, 4.69) is 45.7 Å². The molecule has 0 bridgehead atoms. The smallest absolute Gasteiger partial charge is 0.340 e. The van der Waals surface area contributed by atoms with E-state index in [4.69, 9.17) is 69.8 Å². The van der Waals surface area contributed by atoms with Gasteiger partial charge in [0, 0.05) is 147 Å². The number of esters is 1. The van der Waals surface area contributed by atoms with Crippen molar-refractivity contribution in [2.45, 2.75) is 196 Å². The van der Waals surface area contributed by atoms with E-state index in [-0.39, 0.29) is 190 Å². The molecule has 0 saturated carbocycles. The zero-order valence-corrected chi connectivity index (χ0v) is 79.6. The fraction of sp³-hybridized carbons (Fsp3) is 0.512. The summed E-state index contributed by atoms with van der Waals surface area (Å²) in [6.07, 6.45) is 2.02. The summed E-state index contributed by atoms with van der Waals surface area (Å²) in [4.78, 5) is 149. The maximum Gasteiger partial charge on any atom is 0.340 e. The fourth-order valence-electron chi connectivity index (χ4n) is 16.6. The number of urea groups is 1. The van der Waals surface area contributed by atoms with Crippen LogP contribution in [0.25, 0.3) is 33.4 Å². The number of aliphatic hydroxyl groups excluding tert-OH is 2. The second-order valence-electron chi connectivity index (χ2n) is 31.6. The van der Waals surface area contributed by atoms with Crippen LogP contribution in [-0.4, -0.2) is 207 Å². The average Bonchev–Trinajstić information content (AvgIpc) is 1.16. The highest BCUT2D eigenvalue weighted by Crippen LogP contribution is 2.56. The minimum Gasteiger partial charge on any atom is -0.507 e. The van der Waals surface area contributed by atoms with Crippen molar-refractivity contribution in [2.75, 3.05) is 71.9 Å². The first-order chi connectivity index (χ1) is 58.0. The molecule has 0 radical (unpaired) electrons. The number of halogens is 8. The van der Waals surface area contributed by atoms with Crippen molar-refractivity contribution in [2.24, 2.45) is 5.92 Å². The number of carbonyl (C=O) groups is 10. The molecule has 3 saturated heterocycles. The Balaban J connectivity index is 0.603. The number of aliphatic hydroxyl groups is 3. The van der Waals surface area contributed by atoms with Crippen LogP contribution in [0, 0.1) is 20.2 Å². The van der Waals surface area contributed by atoms with E-state index >= 15 is 0 Å². The standard InChI is InChI=1S/C84H95Cl4I4N7O22S/c1-40-71(107)41(33-57(119-40)120-50-37-84(116,51(102)38-100)36-46-60(50)77(113)64-63(73(46)109)72(108)43-17-15-18-49(117-4)59(43)76(64)112)32-42(101)16-9-5-6-10-20-53(103)93-24-28-99(30-26-95-55(105)23-14-13-19-52-83(3)82(2,39-122-52)97-81(115)98-83)29-25-94-54(104)21-11-7-8-12-22-56(106)96-27-31-118-80(114)62-61(65(85)67(87)68(88)66(62)86)58-44-34-47(89)74(110)69(91)78(44)121-79-45(58)35-48(90)75(111)70(79)92/h15,17-18,34-35,40-41,50,52,57,71,100,107,109-110,113,116H,5-14,16,19-33,36-39H2,1-4H3,(H,93,103)(H,94,104)(H,95,105)(H,96,106)(H2,97,98,115)/t40-,41-,50?,52?,57-,71+,82+,83-,84-/m0/s1. The lowest BCUT2D eigenvalue weighted by atomic mass is 9.72. The molecule has 7 aliphatic rings. The van der Waals surface area contributed by atoms with Gasteiger partial charge in [-0.15, -0.1) is 0 Å². The zero-order chi connectivity index (χ0) is 88.6. The minimum atomic E-state index is -2.38. The number of thioether (sulfide) groups is 1. The number of carbonyl (C=O) groups excluding carboxylic acids is 10. The lowest BCUT2D eigenvalue weighted by Gasteiger charge is -2.42. The van der Waals surface area contributed by atoms with Crippen LogP contribution in [0.5, 0.6) is 23.0 Å². The Kier molecular flexibility index (Phi) is 33.7. The first-order valence-electron chi connectivity index (χ1n) is 40.2. The van der Waals surface area contributed by atoms with E-state index in [1.54, 1.807) is 19.1 Å². The first-order valence-corrected chi connectivity index (χ1v) is 47.1. The van der Waals surface area contributed by atoms with Crippen LogP contribution in [0.1, 0.15) is 202 Å². The number of hydrogen-bond donors (Lipinski definition) is 12. The molecule has 122 heavy (non-hydrogen) atoms. The Bertz CT molecular complexity index is 5130. The van der Waals surface area contributed by atoms with Crippen molar-refractivity contribution < 1.29 is 102 Å². The summed E-state index contributed by atoms with van der Waals surface area (Å²) < 4.78 is 31.1. The van der Waals surface area contributed by atoms with Crippen LogP contribution in [0.3, 0.4) is 0 Å². The molecule has 660 valence electrons. The number of ketones is 4. The number of fused-ring (bicyclic) bond motifs is 6. The average molecular weight is 2240 g/mol. The first kappa shape index (κ1) is 96.9. The number of Topliss-reactive ketones (excluding diaryl/α,β-unsaturated/α-hetero) is 2. The second kappa shape index (κ2) is 42.5. The summed E-state index contributed by atoms with van der Waals surface area (Å²) in [5.74, 6) is -5.81. The Morgan fingerprint density at radius 2 is 1.25 bits per heavy atom. The van der Waals surface area contributed by atoms with Crippen LogP contribution >= 0.6 is 149 Å². The molecule has 29 nitrogen and oxygen atoms in total. The largest absolute Gasteiger partial charge is 0.507 e. The number of unbranched alkanes of at least 4 members (excludes halogenated alkanes) is 7. The molecule has 9 atom stereocenters. The van der Waals surface area contributed by atoms with Crippen LogP contribution in [0.2, 0.25) is 20.1 Å². The van der Waals surface area contributed by atoms with Gasteiger partial charge < -0.3 is 85.9 Å². The van der Waals surface area contributed by atoms with Gasteiger partial charge >= 0.3 is 12.0 Å². The molecule has 4 aromatic carbocycles. The third-order valence-electron chi connectivity index (χ3n) is 23.4. The zero-order valence-electron chi connectivity index (χ0n) is 67.2. The number of ether oxygens (including phenoxy) is 4. The number of rotatable bonds is 40. The third kappa shape index (κ3) is 21.5. The molecule has 0 spiro atoms. The summed E-state index contributed by atoms with van der Waals surface area (Å²) in [6.45, 7) is 6.41. The van der Waals surface area contributed by atoms with Crippen molar-refractivity contribution >= 4 is 218 Å². The number of amides is 6. The van der Waals surface area contributed by atoms with E-state index in [0.29, 0.717) is 124 Å². The van der Waals surface area contributed by atoms with Gasteiger partial charge in [-0.25, -0.2) is 9.59 Å². The van der Waals surface area contributed by atoms with Crippen molar-refractivity contribution in [1.29, 1.82) is 0 Å². The highest BCUT2D eigenvalue weighted by molar-refractivity contribution is 14.1. The molecule has 3 fully saturated rings. The molecule has 12 N–H and O–H groups in total. The Morgan fingerprint density at radius 1 is 0.672 bits per heavy atom. The van der Waals surface area contributed by atoms with Gasteiger partial charge in [-0.1, -0.05) is 90.6 Å². The molecule has 4 aromatic rings. The molecule has 2 unspecified atom stereocenters. The van der Waals surface area contributed by atoms with Gasteiger partial charge in [-0.3, -0.25) is 48.1 Å². The summed E-state index contributed by atoms with van der Waals surface area (Å²) in [5.41, 5.74) is -4.54. The number of hydrogen-bond acceptors (Lipinski definition) is 24. The molecule has 11 rings (SSSR count). The number of phenols is 3. The SMILES string of the molecule is COc1cccc2c1C(=O)c1c(O)c3c(c(O)c1C2=O)C[C@@](O)(C(=O)CO)CC3O[C@H]1C[C@H](CC(=O)CCCCCCC(=O)NCCN(CCNC(=O)CCCCCCC(=O)NCCOC(=O)c2c(Cl)c(Cl)c(Cl)c(Cl)c2-c2c3cc(I)c(=O)c(I)c-3oc3c(I)c(O)c(I)cc23)CCNC(=O)CCCCC2SC[C@@]3(C)NC(=O)N[C@@]23C)[C@H](O)[C@H](C)O1. The molecular formula is C84H95Cl4I4N7O22S. The number of aromatic hydroxyl groups is 3. The quantitative estimate of drug-likeness (QED) is 0.00248. The van der Waals surface area contributed by atoms with Gasteiger partial charge in [-0.2, -0.15) is 11.8 Å². The van der Waals surface area contributed by atoms with Crippen molar-refractivity contribution in [3.8, 4) is 45.4 Å². The lowest BCUT2D eigenvalue weighted by Crippen LogP contribution is -2.58. The number of nitrogens with one attached hydrogen (secondary N) is 6. The maximum absolute atomic E-state index is 14.2. The fourth-order valence-corrected chi connectivity index (χ4v) is 23.1. The minimum absolute atomic E-state index is 0.0372. The predicted molar refractivity (Wildman–Crippen MR) is 491 cm³/mol. The van der Waals surface area contributed by atoms with Gasteiger partial charge in [-0.05, 0) is 174 Å². The molecule has 4 aliphatic heterocycles. The Hall–Kier alpha value is -5.74. The monoisotopic (exact) mass is 2230 g/mol. The molecule has 3 aliphatic carbocycles. The van der Waals surface area contributed by atoms with Crippen LogP contribution in [-0.2, 0) is 49.4 Å². The number of nitrogens with zero attached hydrogens (tertiary/aromatic N) is 1. The maximum atomic E-state index is 14.2. The van der Waals surface area contributed by atoms with Crippen LogP contribution in [0.4, 0.5) is 4.79 Å². The van der Waals surface area contributed by atoms with E-state index in [0.717, 1.165) is 18.6 Å². The Morgan fingerprint density at radius 3 is 1.86 bits per heavy atom. The van der Waals surface area contributed by atoms with Gasteiger partial charge in [0.25, 0.3) is 0 Å². The third-order valence-corrected chi connectivity index (χ3v) is 30.7. The topological polar surface area (TPSA) is 435 Å². The van der Waals surface area contributed by atoms with Gasteiger partial charge in [0.2, 0.25) is 34.8 Å². The van der Waals surface area contributed by atoms with Crippen molar-refractivity contribution in [3.63, 3.8) is 0 Å². The van der Waals surface area contributed by atoms with E-state index in [1.165, 1.54) is 25.3 Å².